The van der Waals surface area contributed by atoms with E-state index in [1.807, 2.05) is 55.5 Å². The molecule has 0 radical (unpaired) electrons. The van der Waals surface area contributed by atoms with Crippen molar-refractivity contribution < 1.29 is 23.4 Å². The first-order valence-corrected chi connectivity index (χ1v) is 12.4. The second kappa shape index (κ2) is 10.9. The molecule has 0 saturated carbocycles. The topological polar surface area (TPSA) is 78.2 Å². The second-order valence-corrected chi connectivity index (χ2v) is 8.83. The predicted octanol–water partition coefficient (Wildman–Crippen LogP) is 5.35. The van der Waals surface area contributed by atoms with Gasteiger partial charge < -0.3 is 23.5 Å². The fraction of sp³-hybridized carbons (Fsp3) is 0.267. The number of ether oxygens (including phenoxy) is 3. The fourth-order valence-corrected chi connectivity index (χ4v) is 4.74. The molecule has 0 saturated heterocycles. The van der Waals surface area contributed by atoms with E-state index in [0.717, 1.165) is 11.1 Å². The van der Waals surface area contributed by atoms with E-state index in [-0.39, 0.29) is 17.1 Å². The first kappa shape index (κ1) is 24.6. The van der Waals surface area contributed by atoms with E-state index in [4.69, 9.17) is 18.6 Å². The van der Waals surface area contributed by atoms with Gasteiger partial charge in [-0.05, 0) is 48.7 Å². The quantitative estimate of drug-likeness (QED) is 0.274. The number of methoxy groups -OCH3 is 1. The highest BCUT2D eigenvalue weighted by Gasteiger charge is 2.42. The monoisotopic (exact) mass is 499 g/mol. The number of nitrogens with zero attached hydrogens (tertiary/aromatic N) is 1. The Morgan fingerprint density at radius 2 is 1.70 bits per heavy atom. The molecule has 1 atom stereocenters. The van der Waals surface area contributed by atoms with Gasteiger partial charge in [-0.3, -0.25) is 9.59 Å². The lowest BCUT2D eigenvalue weighted by molar-refractivity contribution is 0.0707. The van der Waals surface area contributed by atoms with Crippen molar-refractivity contribution in [3.8, 4) is 11.5 Å². The lowest BCUT2D eigenvalue weighted by Gasteiger charge is -2.26. The summed E-state index contributed by atoms with van der Waals surface area (Å²) in [6, 6.07) is 21.9. The normalized spacial score (nSPS) is 14.7. The molecule has 4 aromatic rings. The van der Waals surface area contributed by atoms with E-state index >= 15 is 0 Å². The van der Waals surface area contributed by atoms with E-state index in [0.29, 0.717) is 60.8 Å². The first-order chi connectivity index (χ1) is 18.1. The van der Waals surface area contributed by atoms with Crippen LogP contribution in [-0.2, 0) is 11.3 Å². The van der Waals surface area contributed by atoms with Crippen LogP contribution < -0.4 is 14.9 Å². The Bertz CT molecular complexity index is 1460. The maximum Gasteiger partial charge on any atom is 0.290 e. The second-order valence-electron chi connectivity index (χ2n) is 8.83. The highest BCUT2D eigenvalue weighted by atomic mass is 16.5. The lowest BCUT2D eigenvalue weighted by Crippen LogP contribution is -2.31. The van der Waals surface area contributed by atoms with Crippen molar-refractivity contribution in [2.24, 2.45) is 0 Å². The predicted molar refractivity (Wildman–Crippen MR) is 140 cm³/mol. The van der Waals surface area contributed by atoms with Crippen molar-refractivity contribution in [3.05, 3.63) is 105 Å². The largest absolute Gasteiger partial charge is 0.490 e. The van der Waals surface area contributed by atoms with Gasteiger partial charge in [0.15, 0.2) is 16.9 Å². The fourth-order valence-electron chi connectivity index (χ4n) is 4.74. The SMILES string of the molecule is CCOc1cc(C2c3c(oc4ccccc4c3=O)C(=O)N2CCCOC)ccc1OCc1ccccc1. The smallest absolute Gasteiger partial charge is 0.290 e. The van der Waals surface area contributed by atoms with Gasteiger partial charge in [-0.25, -0.2) is 0 Å². The van der Waals surface area contributed by atoms with Crippen LogP contribution in [0.5, 0.6) is 11.5 Å². The molecule has 0 bridgehead atoms. The third-order valence-corrected chi connectivity index (χ3v) is 6.44. The average Bonchev–Trinajstić information content (AvgIpc) is 3.20. The minimum atomic E-state index is -0.609. The molecule has 1 aliphatic rings. The molecular weight excluding hydrogens is 470 g/mol. The minimum absolute atomic E-state index is 0.0912. The van der Waals surface area contributed by atoms with Gasteiger partial charge in [-0.15, -0.1) is 0 Å². The number of rotatable bonds is 10. The molecule has 1 unspecified atom stereocenters. The maximum absolute atomic E-state index is 13.6. The van der Waals surface area contributed by atoms with Gasteiger partial charge in [0, 0.05) is 20.3 Å². The van der Waals surface area contributed by atoms with E-state index < -0.39 is 6.04 Å². The number of hydrogen-bond acceptors (Lipinski definition) is 6. The molecule has 0 fully saturated rings. The number of carbonyl (C=O) groups excluding carboxylic acids is 1. The molecule has 7 nitrogen and oxygen atoms in total. The van der Waals surface area contributed by atoms with Crippen LogP contribution in [0.4, 0.5) is 0 Å². The van der Waals surface area contributed by atoms with Gasteiger partial charge in [0.2, 0.25) is 5.76 Å². The molecule has 0 aliphatic carbocycles. The molecule has 5 rings (SSSR count). The van der Waals surface area contributed by atoms with Crippen LogP contribution in [0.2, 0.25) is 0 Å². The van der Waals surface area contributed by atoms with Crippen LogP contribution >= 0.6 is 0 Å². The summed E-state index contributed by atoms with van der Waals surface area (Å²) in [5, 5.41) is 0.450. The number of fused-ring (bicyclic) bond motifs is 2. The van der Waals surface area contributed by atoms with Crippen molar-refractivity contribution in [2.45, 2.75) is 26.0 Å². The summed E-state index contributed by atoms with van der Waals surface area (Å²) < 4.78 is 23.2. The number of hydrogen-bond donors (Lipinski definition) is 0. The summed E-state index contributed by atoms with van der Waals surface area (Å²) in [6.45, 7) is 3.64. The Kier molecular flexibility index (Phi) is 7.23. The van der Waals surface area contributed by atoms with Crippen LogP contribution in [-0.4, -0.2) is 37.7 Å². The maximum atomic E-state index is 13.6. The number of amides is 1. The Hall–Kier alpha value is -4.10. The molecule has 0 spiro atoms. The zero-order valence-electron chi connectivity index (χ0n) is 20.9. The Balaban J connectivity index is 1.57. The summed E-state index contributed by atoms with van der Waals surface area (Å²) in [5.74, 6) is 0.934. The highest BCUT2D eigenvalue weighted by molar-refractivity contribution is 5.99. The van der Waals surface area contributed by atoms with Crippen LogP contribution in [0.25, 0.3) is 11.0 Å². The standard InChI is InChI=1S/C30H29NO6/c1-3-35-25-18-21(14-15-24(25)36-19-20-10-5-4-6-11-20)27-26-28(32)22-12-7-8-13-23(22)37-29(26)30(33)31(27)16-9-17-34-2/h4-8,10-15,18,27H,3,9,16-17,19H2,1-2H3. The van der Waals surface area contributed by atoms with Crippen LogP contribution in [0.1, 0.15) is 46.6 Å². The zero-order chi connectivity index (χ0) is 25.8. The molecule has 190 valence electrons. The Morgan fingerprint density at radius 1 is 0.919 bits per heavy atom. The third-order valence-electron chi connectivity index (χ3n) is 6.44. The molecule has 7 heteroatoms. The van der Waals surface area contributed by atoms with Crippen LogP contribution in [0.3, 0.4) is 0 Å². The van der Waals surface area contributed by atoms with E-state index in [1.165, 1.54) is 0 Å². The molecule has 3 aromatic carbocycles. The van der Waals surface area contributed by atoms with Gasteiger partial charge in [0.25, 0.3) is 5.91 Å². The summed E-state index contributed by atoms with van der Waals surface area (Å²) in [6.07, 6.45) is 0.622. The average molecular weight is 500 g/mol. The summed E-state index contributed by atoms with van der Waals surface area (Å²) in [4.78, 5) is 28.8. The Morgan fingerprint density at radius 3 is 2.49 bits per heavy atom. The van der Waals surface area contributed by atoms with Crippen molar-refractivity contribution in [1.29, 1.82) is 0 Å². The molecule has 2 heterocycles. The van der Waals surface area contributed by atoms with Gasteiger partial charge >= 0.3 is 0 Å². The van der Waals surface area contributed by atoms with Crippen molar-refractivity contribution in [1.82, 2.24) is 4.90 Å². The van der Waals surface area contributed by atoms with Gasteiger partial charge in [0.05, 0.1) is 23.6 Å². The van der Waals surface area contributed by atoms with Crippen molar-refractivity contribution in [2.75, 3.05) is 26.9 Å². The molecule has 1 aromatic heterocycles. The van der Waals surface area contributed by atoms with Gasteiger partial charge in [-0.2, -0.15) is 0 Å². The number of benzene rings is 3. The summed E-state index contributed by atoms with van der Waals surface area (Å²) in [5.41, 5.74) is 2.34. The van der Waals surface area contributed by atoms with Gasteiger partial charge in [0.1, 0.15) is 12.2 Å². The third kappa shape index (κ3) is 4.82. The highest BCUT2D eigenvalue weighted by Crippen LogP contribution is 2.41. The van der Waals surface area contributed by atoms with E-state index in [2.05, 4.69) is 0 Å². The molecule has 37 heavy (non-hydrogen) atoms. The van der Waals surface area contributed by atoms with E-state index in [1.54, 1.807) is 36.3 Å². The summed E-state index contributed by atoms with van der Waals surface area (Å²) in [7, 11) is 1.62. The Labute approximate surface area is 215 Å². The number of carbonyl (C=O) groups is 1. The van der Waals surface area contributed by atoms with E-state index in [9.17, 15) is 9.59 Å². The molecule has 1 aliphatic heterocycles. The zero-order valence-corrected chi connectivity index (χ0v) is 20.9. The van der Waals surface area contributed by atoms with Crippen molar-refractivity contribution >= 4 is 16.9 Å². The lowest BCUT2D eigenvalue weighted by atomic mass is 9.98. The first-order valence-electron chi connectivity index (χ1n) is 12.4. The van der Waals surface area contributed by atoms with Crippen LogP contribution in [0, 0.1) is 0 Å². The van der Waals surface area contributed by atoms with Gasteiger partial charge in [-0.1, -0.05) is 48.5 Å². The van der Waals surface area contributed by atoms with Crippen LogP contribution in [0.15, 0.2) is 82.0 Å². The molecule has 1 amide bonds. The van der Waals surface area contributed by atoms with Crippen molar-refractivity contribution in [3.63, 3.8) is 0 Å². The number of para-hydroxylation sites is 1. The molecular formula is C30H29NO6. The summed E-state index contributed by atoms with van der Waals surface area (Å²) >= 11 is 0. The minimum Gasteiger partial charge on any atom is -0.490 e. The molecule has 0 N–H and O–H groups in total.